The van der Waals surface area contributed by atoms with Crippen molar-refractivity contribution in [2.24, 2.45) is 5.92 Å². The average molecular weight is 287 g/mol. The zero-order valence-corrected chi connectivity index (χ0v) is 12.1. The van der Waals surface area contributed by atoms with Gasteiger partial charge in [0.1, 0.15) is 0 Å². The summed E-state index contributed by atoms with van der Waals surface area (Å²) >= 11 is 0. The van der Waals surface area contributed by atoms with Crippen LogP contribution in [0.5, 0.6) is 0 Å². The number of aromatic nitrogens is 1. The van der Waals surface area contributed by atoms with E-state index in [-0.39, 0.29) is 6.42 Å². The number of aryl methyl sites for hydroxylation is 1. The second-order valence-corrected chi connectivity index (χ2v) is 5.81. The molecule has 0 saturated carbocycles. The standard InChI is InChI=1S/C17H21NO3/c19-17(20)4-2-13-1-3-16-15(11-13)5-8-18(16)12-14-6-9-21-10-7-14/h1,3,5,8,11,14H,2,4,6-7,9-10,12H2,(H,19,20). The molecule has 3 rings (SSSR count). The van der Waals surface area contributed by atoms with Gasteiger partial charge < -0.3 is 14.4 Å². The number of carbonyl (C=O) groups is 1. The minimum absolute atomic E-state index is 0.189. The molecule has 4 nitrogen and oxygen atoms in total. The van der Waals surface area contributed by atoms with E-state index in [1.54, 1.807) is 0 Å². The minimum Gasteiger partial charge on any atom is -0.481 e. The lowest BCUT2D eigenvalue weighted by atomic mass is 10.0. The number of ether oxygens (including phenoxy) is 1. The lowest BCUT2D eigenvalue weighted by Crippen LogP contribution is -2.20. The maximum atomic E-state index is 10.6. The van der Waals surface area contributed by atoms with E-state index in [1.165, 1.54) is 10.9 Å². The lowest BCUT2D eigenvalue weighted by molar-refractivity contribution is -0.136. The third-order valence-corrected chi connectivity index (χ3v) is 4.26. The molecule has 0 atom stereocenters. The van der Waals surface area contributed by atoms with Gasteiger partial charge in [0, 0.05) is 37.9 Å². The quantitative estimate of drug-likeness (QED) is 0.919. The van der Waals surface area contributed by atoms with Crippen molar-refractivity contribution in [3.05, 3.63) is 36.0 Å². The van der Waals surface area contributed by atoms with Gasteiger partial charge in [0.2, 0.25) is 0 Å². The fraction of sp³-hybridized carbons (Fsp3) is 0.471. The van der Waals surface area contributed by atoms with Gasteiger partial charge in [-0.05, 0) is 54.3 Å². The smallest absolute Gasteiger partial charge is 0.303 e. The van der Waals surface area contributed by atoms with Crippen LogP contribution in [0.15, 0.2) is 30.5 Å². The summed E-state index contributed by atoms with van der Waals surface area (Å²) in [5.41, 5.74) is 2.33. The molecule has 1 aliphatic heterocycles. The first-order valence-electron chi connectivity index (χ1n) is 7.60. The predicted octanol–water partition coefficient (Wildman–Crippen LogP) is 3.09. The van der Waals surface area contributed by atoms with Gasteiger partial charge in [0.15, 0.2) is 0 Å². The van der Waals surface area contributed by atoms with Crippen molar-refractivity contribution in [3.63, 3.8) is 0 Å². The highest BCUT2D eigenvalue weighted by molar-refractivity contribution is 5.81. The highest BCUT2D eigenvalue weighted by Crippen LogP contribution is 2.23. The Morgan fingerprint density at radius 3 is 2.86 bits per heavy atom. The van der Waals surface area contributed by atoms with Crippen LogP contribution in [0.25, 0.3) is 10.9 Å². The second-order valence-electron chi connectivity index (χ2n) is 5.81. The molecule has 1 aromatic heterocycles. The Morgan fingerprint density at radius 1 is 1.29 bits per heavy atom. The summed E-state index contributed by atoms with van der Waals surface area (Å²) in [7, 11) is 0. The van der Waals surface area contributed by atoms with Crippen LogP contribution in [0.2, 0.25) is 0 Å². The number of carboxylic acid groups (broad SMARTS) is 1. The number of fused-ring (bicyclic) bond motifs is 1. The molecule has 4 heteroatoms. The number of carboxylic acids is 1. The summed E-state index contributed by atoms with van der Waals surface area (Å²) in [6, 6.07) is 8.40. The molecule has 0 spiro atoms. The Kier molecular flexibility index (Phi) is 4.25. The molecule has 0 radical (unpaired) electrons. The van der Waals surface area contributed by atoms with Crippen molar-refractivity contribution in [2.45, 2.75) is 32.2 Å². The molecule has 0 amide bonds. The first-order chi connectivity index (χ1) is 10.2. The van der Waals surface area contributed by atoms with Gasteiger partial charge >= 0.3 is 5.97 Å². The molecule has 1 aliphatic rings. The van der Waals surface area contributed by atoms with Crippen molar-refractivity contribution in [1.29, 1.82) is 0 Å². The molecule has 2 heterocycles. The molecule has 0 bridgehead atoms. The van der Waals surface area contributed by atoms with Crippen LogP contribution >= 0.6 is 0 Å². The molecular formula is C17H21NO3. The number of nitrogens with zero attached hydrogens (tertiary/aromatic N) is 1. The van der Waals surface area contributed by atoms with E-state index in [9.17, 15) is 4.79 Å². The Hall–Kier alpha value is -1.81. The molecule has 1 N–H and O–H groups in total. The van der Waals surface area contributed by atoms with E-state index in [0.29, 0.717) is 12.3 Å². The third kappa shape index (κ3) is 3.45. The fourth-order valence-corrected chi connectivity index (χ4v) is 3.02. The van der Waals surface area contributed by atoms with Crippen molar-refractivity contribution in [2.75, 3.05) is 13.2 Å². The summed E-state index contributed by atoms with van der Waals surface area (Å²) in [6.45, 7) is 2.80. The van der Waals surface area contributed by atoms with Crippen LogP contribution in [0.1, 0.15) is 24.8 Å². The summed E-state index contributed by atoms with van der Waals surface area (Å²) in [6.07, 6.45) is 5.19. The van der Waals surface area contributed by atoms with Crippen molar-refractivity contribution < 1.29 is 14.6 Å². The largest absolute Gasteiger partial charge is 0.481 e. The fourth-order valence-electron chi connectivity index (χ4n) is 3.02. The van der Waals surface area contributed by atoms with E-state index in [4.69, 9.17) is 9.84 Å². The normalized spacial score (nSPS) is 16.4. The molecule has 0 aliphatic carbocycles. The first-order valence-corrected chi connectivity index (χ1v) is 7.60. The van der Waals surface area contributed by atoms with E-state index in [1.807, 2.05) is 6.07 Å². The zero-order chi connectivity index (χ0) is 14.7. The molecule has 0 unspecified atom stereocenters. The summed E-state index contributed by atoms with van der Waals surface area (Å²) < 4.78 is 7.72. The molecule has 21 heavy (non-hydrogen) atoms. The first kappa shape index (κ1) is 14.1. The van der Waals surface area contributed by atoms with Gasteiger partial charge in [0.25, 0.3) is 0 Å². The van der Waals surface area contributed by atoms with Crippen LogP contribution in [0.3, 0.4) is 0 Å². The van der Waals surface area contributed by atoms with E-state index < -0.39 is 5.97 Å². The van der Waals surface area contributed by atoms with Gasteiger partial charge in [-0.2, -0.15) is 0 Å². The zero-order valence-electron chi connectivity index (χ0n) is 12.1. The van der Waals surface area contributed by atoms with Gasteiger partial charge in [-0.1, -0.05) is 6.07 Å². The topological polar surface area (TPSA) is 51.5 Å². The Labute approximate surface area is 124 Å². The highest BCUT2D eigenvalue weighted by atomic mass is 16.5. The van der Waals surface area contributed by atoms with Gasteiger partial charge in [-0.15, -0.1) is 0 Å². The highest BCUT2D eigenvalue weighted by Gasteiger charge is 2.15. The maximum Gasteiger partial charge on any atom is 0.303 e. The van der Waals surface area contributed by atoms with E-state index in [2.05, 4.69) is 29.0 Å². The number of hydrogen-bond donors (Lipinski definition) is 1. The Morgan fingerprint density at radius 2 is 2.10 bits per heavy atom. The van der Waals surface area contributed by atoms with Crippen molar-refractivity contribution in [3.8, 4) is 0 Å². The summed E-state index contributed by atoms with van der Waals surface area (Å²) in [5.74, 6) is -0.0479. The summed E-state index contributed by atoms with van der Waals surface area (Å²) in [4.78, 5) is 10.6. The SMILES string of the molecule is O=C(O)CCc1ccc2c(ccn2CC2CCOCC2)c1. The van der Waals surface area contributed by atoms with Crippen molar-refractivity contribution in [1.82, 2.24) is 4.57 Å². The van der Waals surface area contributed by atoms with Gasteiger partial charge in [-0.3, -0.25) is 4.79 Å². The van der Waals surface area contributed by atoms with Gasteiger partial charge in [0.05, 0.1) is 0 Å². The van der Waals surface area contributed by atoms with Crippen LogP contribution in [-0.2, 0) is 22.5 Å². The molecule has 1 fully saturated rings. The van der Waals surface area contributed by atoms with Gasteiger partial charge in [-0.25, -0.2) is 0 Å². The average Bonchev–Trinajstić information content (AvgIpc) is 2.89. The number of benzene rings is 1. The lowest BCUT2D eigenvalue weighted by Gasteiger charge is -2.22. The molecule has 2 aromatic rings. The predicted molar refractivity (Wildman–Crippen MR) is 81.4 cm³/mol. The van der Waals surface area contributed by atoms with Crippen LogP contribution in [0.4, 0.5) is 0 Å². The summed E-state index contributed by atoms with van der Waals surface area (Å²) in [5, 5.41) is 9.96. The van der Waals surface area contributed by atoms with Crippen LogP contribution < -0.4 is 0 Å². The molecule has 1 aromatic carbocycles. The van der Waals surface area contributed by atoms with Crippen LogP contribution in [0, 0.1) is 5.92 Å². The number of rotatable bonds is 5. The Bertz CT molecular complexity index is 626. The maximum absolute atomic E-state index is 10.6. The molecule has 1 saturated heterocycles. The monoisotopic (exact) mass is 287 g/mol. The third-order valence-electron chi connectivity index (χ3n) is 4.26. The van der Waals surface area contributed by atoms with Crippen molar-refractivity contribution >= 4 is 16.9 Å². The second kappa shape index (κ2) is 6.31. The molecule has 112 valence electrons. The van der Waals surface area contributed by atoms with E-state index in [0.717, 1.165) is 38.2 Å². The number of aliphatic carboxylic acids is 1. The number of hydrogen-bond acceptors (Lipinski definition) is 2. The van der Waals surface area contributed by atoms with Crippen LogP contribution in [-0.4, -0.2) is 28.9 Å². The van der Waals surface area contributed by atoms with E-state index >= 15 is 0 Å². The Balaban J connectivity index is 1.74. The molecular weight excluding hydrogens is 266 g/mol. The minimum atomic E-state index is -0.743.